The maximum Gasteiger partial charge on any atom is 0.204 e. The van der Waals surface area contributed by atoms with E-state index in [1.165, 1.54) is 5.57 Å². The lowest BCUT2D eigenvalue weighted by atomic mass is 10.1. The van der Waals surface area contributed by atoms with E-state index < -0.39 is 0 Å². The van der Waals surface area contributed by atoms with E-state index >= 15 is 0 Å². The molecule has 3 heteroatoms. The van der Waals surface area contributed by atoms with Crippen molar-refractivity contribution in [2.75, 3.05) is 19.8 Å². The number of hydrogen-bond acceptors (Lipinski definition) is 3. The average molecular weight is 336 g/mol. The highest BCUT2D eigenvalue weighted by molar-refractivity contribution is 5.63. The van der Waals surface area contributed by atoms with Crippen LogP contribution in [-0.2, 0) is 0 Å². The minimum Gasteiger partial charge on any atom is -0.477 e. The molecule has 25 heavy (non-hydrogen) atoms. The molecule has 0 N–H and O–H groups in total. The van der Waals surface area contributed by atoms with Gasteiger partial charge < -0.3 is 14.2 Å². The zero-order chi connectivity index (χ0) is 18.5. The van der Waals surface area contributed by atoms with Gasteiger partial charge in [-0.3, -0.25) is 0 Å². The highest BCUT2D eigenvalue weighted by Gasteiger charge is 2.15. The fourth-order valence-corrected chi connectivity index (χ4v) is 1.92. The molecule has 1 rings (SSSR count). The van der Waals surface area contributed by atoms with Crippen LogP contribution in [-0.4, -0.2) is 19.8 Å². The molecule has 0 radical (unpaired) electrons. The van der Waals surface area contributed by atoms with Gasteiger partial charge in [-0.2, -0.15) is 0 Å². The fraction of sp³-hybridized carbons (Fsp3) is 0.364. The highest BCUT2D eigenvalue weighted by Crippen LogP contribution is 2.39. The van der Waals surface area contributed by atoms with Crippen LogP contribution >= 0.6 is 0 Å². The van der Waals surface area contributed by atoms with Crippen molar-refractivity contribution in [1.29, 1.82) is 0 Å². The van der Waals surface area contributed by atoms with Crippen LogP contribution in [0.1, 0.15) is 40.2 Å². The van der Waals surface area contributed by atoms with Crippen LogP contribution in [0.4, 0.5) is 0 Å². The molecule has 0 spiro atoms. The van der Waals surface area contributed by atoms with Crippen LogP contribution in [0.3, 0.4) is 0 Å². The van der Waals surface area contributed by atoms with Gasteiger partial charge in [-0.25, -0.2) is 0 Å². The van der Waals surface area contributed by atoms with Crippen molar-refractivity contribution in [2.45, 2.75) is 34.6 Å². The Bertz CT molecular complexity index is 735. The molecule has 0 saturated heterocycles. The number of ether oxygens (including phenoxy) is 3. The molecule has 0 fully saturated rings. The Hall–Kier alpha value is -2.96. The summed E-state index contributed by atoms with van der Waals surface area (Å²) in [5.74, 6) is 18.8. The minimum atomic E-state index is 0.254. The Morgan fingerprint density at radius 1 is 0.800 bits per heavy atom. The highest BCUT2D eigenvalue weighted by atomic mass is 16.5. The largest absolute Gasteiger partial charge is 0.477 e. The van der Waals surface area contributed by atoms with Crippen LogP contribution in [0.25, 0.3) is 6.08 Å². The lowest BCUT2D eigenvalue weighted by Crippen LogP contribution is -2.04. The molecule has 1 aromatic carbocycles. The Morgan fingerprint density at radius 2 is 1.24 bits per heavy atom. The lowest BCUT2D eigenvalue weighted by molar-refractivity contribution is 0.286. The van der Waals surface area contributed by atoms with E-state index in [4.69, 9.17) is 14.2 Å². The van der Waals surface area contributed by atoms with Gasteiger partial charge in [0.25, 0.3) is 0 Å². The maximum atomic E-state index is 5.79. The third-order valence-corrected chi connectivity index (χ3v) is 2.92. The lowest BCUT2D eigenvalue weighted by Gasteiger charge is -2.16. The van der Waals surface area contributed by atoms with Crippen molar-refractivity contribution >= 4 is 6.08 Å². The van der Waals surface area contributed by atoms with Crippen molar-refractivity contribution < 1.29 is 14.2 Å². The molecule has 0 bridgehead atoms. The zero-order valence-corrected chi connectivity index (χ0v) is 15.6. The Kier molecular flexibility index (Phi) is 9.28. The first-order chi connectivity index (χ1) is 12.1. The normalized spacial score (nSPS) is 8.52. The molecule has 0 heterocycles. The molecule has 3 nitrogen and oxygen atoms in total. The van der Waals surface area contributed by atoms with E-state index in [-0.39, 0.29) is 19.8 Å². The summed E-state index contributed by atoms with van der Waals surface area (Å²) in [6.07, 6.45) is 2.05. The summed E-state index contributed by atoms with van der Waals surface area (Å²) in [5.41, 5.74) is 2.14. The van der Waals surface area contributed by atoms with E-state index in [2.05, 4.69) is 35.5 Å². The predicted octanol–water partition coefficient (Wildman–Crippen LogP) is 4.32. The van der Waals surface area contributed by atoms with Gasteiger partial charge in [-0.15, -0.1) is 17.8 Å². The number of allylic oxidation sites excluding steroid dienone is 1. The van der Waals surface area contributed by atoms with E-state index in [0.29, 0.717) is 17.2 Å². The molecule has 0 aliphatic carbocycles. The quantitative estimate of drug-likeness (QED) is 0.694. The smallest absolute Gasteiger partial charge is 0.204 e. The second-order valence-corrected chi connectivity index (χ2v) is 5.21. The Labute approximate surface area is 151 Å². The molecule has 0 aromatic heterocycles. The molecule has 130 valence electrons. The van der Waals surface area contributed by atoms with Crippen molar-refractivity contribution in [1.82, 2.24) is 0 Å². The summed E-state index contributed by atoms with van der Waals surface area (Å²) in [6, 6.07) is 3.83. The van der Waals surface area contributed by atoms with Crippen LogP contribution in [0.5, 0.6) is 17.2 Å². The van der Waals surface area contributed by atoms with Gasteiger partial charge in [0.1, 0.15) is 19.8 Å². The third kappa shape index (κ3) is 7.43. The monoisotopic (exact) mass is 336 g/mol. The van der Waals surface area contributed by atoms with E-state index in [9.17, 15) is 0 Å². The summed E-state index contributed by atoms with van der Waals surface area (Å²) in [5, 5.41) is 0. The van der Waals surface area contributed by atoms with Crippen LogP contribution in [0.15, 0.2) is 17.7 Å². The summed E-state index contributed by atoms with van der Waals surface area (Å²) in [7, 11) is 0. The van der Waals surface area contributed by atoms with Crippen molar-refractivity contribution in [3.8, 4) is 52.8 Å². The predicted molar refractivity (Wildman–Crippen MR) is 103 cm³/mol. The molecule has 0 saturated carbocycles. The fourth-order valence-electron chi connectivity index (χ4n) is 1.92. The third-order valence-electron chi connectivity index (χ3n) is 2.92. The van der Waals surface area contributed by atoms with E-state index in [0.717, 1.165) is 5.56 Å². The Balaban J connectivity index is 3.32. The molecule has 0 unspecified atom stereocenters. The summed E-state index contributed by atoms with van der Waals surface area (Å²) in [6.45, 7) is 10.2. The first kappa shape index (κ1) is 20.1. The van der Waals surface area contributed by atoms with Crippen molar-refractivity contribution in [3.63, 3.8) is 0 Å². The second kappa shape index (κ2) is 11.6. The molecule has 0 aliphatic rings. The van der Waals surface area contributed by atoms with Gasteiger partial charge in [0.05, 0.1) is 0 Å². The van der Waals surface area contributed by atoms with Gasteiger partial charge in [0.15, 0.2) is 11.5 Å². The second-order valence-electron chi connectivity index (χ2n) is 5.21. The first-order valence-electron chi connectivity index (χ1n) is 8.02. The van der Waals surface area contributed by atoms with E-state index in [1.54, 1.807) is 20.8 Å². The van der Waals surface area contributed by atoms with Gasteiger partial charge in [-0.05, 0) is 52.3 Å². The van der Waals surface area contributed by atoms with Gasteiger partial charge >= 0.3 is 0 Å². The SMILES string of the molecule is CC#CCOc1cc(C=C(C)C)cc(OCC#CC)c1OCC#CC. The van der Waals surface area contributed by atoms with Crippen LogP contribution < -0.4 is 14.2 Å². The molecule has 1 aromatic rings. The molecule has 0 aliphatic heterocycles. The van der Waals surface area contributed by atoms with E-state index in [1.807, 2.05) is 32.1 Å². The summed E-state index contributed by atoms with van der Waals surface area (Å²) in [4.78, 5) is 0. The average Bonchev–Trinajstić information content (AvgIpc) is 2.57. The Morgan fingerprint density at radius 3 is 1.64 bits per heavy atom. The van der Waals surface area contributed by atoms with Crippen molar-refractivity contribution in [3.05, 3.63) is 23.3 Å². The van der Waals surface area contributed by atoms with Gasteiger partial charge in [0, 0.05) is 0 Å². The van der Waals surface area contributed by atoms with Crippen LogP contribution in [0, 0.1) is 35.5 Å². The van der Waals surface area contributed by atoms with Crippen molar-refractivity contribution in [2.24, 2.45) is 0 Å². The maximum absolute atomic E-state index is 5.79. The van der Waals surface area contributed by atoms with Gasteiger partial charge in [0.2, 0.25) is 5.75 Å². The first-order valence-corrected chi connectivity index (χ1v) is 8.02. The standard InChI is InChI=1S/C22H24O3/c1-6-9-12-23-20-16-19(15-18(4)5)17-21(24-13-10-7-2)22(20)25-14-11-8-3/h15-17H,12-14H2,1-5H3. The summed E-state index contributed by atoms with van der Waals surface area (Å²) >= 11 is 0. The number of benzene rings is 1. The molecular weight excluding hydrogens is 312 g/mol. The molecule has 0 amide bonds. The van der Waals surface area contributed by atoms with Crippen LogP contribution in [0.2, 0.25) is 0 Å². The number of hydrogen-bond donors (Lipinski definition) is 0. The zero-order valence-electron chi connectivity index (χ0n) is 15.6. The minimum absolute atomic E-state index is 0.254. The molecular formula is C22H24O3. The number of rotatable bonds is 7. The van der Waals surface area contributed by atoms with Gasteiger partial charge in [-0.1, -0.05) is 29.4 Å². The molecule has 0 atom stereocenters. The topological polar surface area (TPSA) is 27.7 Å². The summed E-state index contributed by atoms with van der Waals surface area (Å²) < 4.78 is 17.4.